The topological polar surface area (TPSA) is 0 Å². The SMILES string of the molecule is C.C.C.C.[No].[No]. The first-order valence-corrected chi connectivity index (χ1v) is 0. The zero-order chi connectivity index (χ0) is 0. The molecule has 0 nitrogen and oxygen atoms in total. The van der Waals surface area contributed by atoms with Crippen LogP contribution < -0.4 is 0 Å². The first-order chi connectivity index (χ1) is 0. The molecule has 0 saturated carbocycles. The molecular formula is C4H16No2. The van der Waals surface area contributed by atoms with Crippen LogP contribution in [0.5, 0.6) is 0 Å². The summed E-state index contributed by atoms with van der Waals surface area (Å²) in [4.78, 5) is 0. The Morgan fingerprint density at radius 3 is 0.333 bits per heavy atom. The monoisotopic (exact) mass is 582 g/mol. The van der Waals surface area contributed by atoms with E-state index in [4.69, 9.17) is 0 Å². The quantitative estimate of drug-likeness (QED) is 0.413. The molecule has 0 N–H and O–H groups in total. The van der Waals surface area contributed by atoms with Gasteiger partial charge in [0, 0.05) is 0 Å². The molecule has 6 heavy (non-hydrogen) atoms. The molecule has 0 bridgehead atoms. The van der Waals surface area contributed by atoms with E-state index in [1.807, 2.05) is 0 Å². The third-order valence-corrected chi connectivity index (χ3v) is 0. The van der Waals surface area contributed by atoms with E-state index >= 15 is 0 Å². The number of hydrogen-bond donors (Lipinski definition) is 0. The predicted molar refractivity (Wildman–Crippen MR) is 26.9 cm³/mol. The molecule has 2 heteroatoms. The van der Waals surface area contributed by atoms with Gasteiger partial charge in [0.05, 0.1) is 0 Å². The standard InChI is InChI=1S/4CH4.2No/h4*1H4;;. The maximum absolute atomic E-state index is 0. The van der Waals surface area contributed by atoms with Crippen LogP contribution in [-0.4, -0.2) is 0 Å². The Kier molecular flexibility index (Phi) is 4.50. The van der Waals surface area contributed by atoms with Crippen molar-refractivity contribution < 1.29 is 0 Å². The second-order valence-corrected chi connectivity index (χ2v) is 0. The van der Waals surface area contributed by atoms with Gasteiger partial charge < -0.3 is 0 Å². The van der Waals surface area contributed by atoms with Crippen molar-refractivity contribution in [2.45, 2.75) is 29.7 Å². The van der Waals surface area contributed by atoms with Crippen molar-refractivity contribution in [3.8, 4) is 0 Å². The van der Waals surface area contributed by atoms with Gasteiger partial charge in [0.25, 0.3) is 0 Å². The first-order valence-electron chi connectivity index (χ1n) is 0. The molecular weight excluding hydrogens is 566 g/mol. The Balaban J connectivity index is 0. The molecule has 0 aromatic rings. The maximum Gasteiger partial charge on any atom is 0 e. The summed E-state index contributed by atoms with van der Waals surface area (Å²) in [5.41, 5.74) is 0. The molecule has 0 heterocycles. The minimum absolute atomic E-state index is 0. The van der Waals surface area contributed by atoms with E-state index in [1.165, 1.54) is 0 Å². The molecule has 0 rings (SSSR count). The summed E-state index contributed by atoms with van der Waals surface area (Å²) in [7, 11) is 0. The molecule has 0 spiro atoms. The van der Waals surface area contributed by atoms with Gasteiger partial charge >= 0.3 is 0 Å². The zero-order valence-electron chi connectivity index (χ0n) is 0.535. The third-order valence-electron chi connectivity index (χ3n) is 0. The minimum atomic E-state index is 0. The van der Waals surface area contributed by atoms with Gasteiger partial charge in [0.15, 0.2) is 0 Å². The van der Waals surface area contributed by atoms with Gasteiger partial charge in [-0.25, -0.2) is 0 Å². The summed E-state index contributed by atoms with van der Waals surface area (Å²) < 4.78 is 0. The van der Waals surface area contributed by atoms with Gasteiger partial charge in [-0.15, -0.1) is 0 Å². The summed E-state index contributed by atoms with van der Waals surface area (Å²) in [6.07, 6.45) is 0. The molecule has 0 saturated heterocycles. The Morgan fingerprint density at radius 1 is 0.333 bits per heavy atom. The molecule has 0 aliphatic carbocycles. The van der Waals surface area contributed by atoms with Gasteiger partial charge in [0.1, 0.15) is 0 Å². The summed E-state index contributed by atoms with van der Waals surface area (Å²) >= 11 is 0. The number of rotatable bonds is 0. The second kappa shape index (κ2) is 3.00. The van der Waals surface area contributed by atoms with E-state index in [2.05, 4.69) is 0 Å². The van der Waals surface area contributed by atoms with Crippen molar-refractivity contribution in [3.05, 3.63) is 0 Å². The van der Waals surface area contributed by atoms with Crippen LogP contribution in [0.2, 0.25) is 0 Å². The molecule has 0 fully saturated rings. The molecule has 0 aliphatic heterocycles. The molecule has 0 radical (unpaired) electrons. The van der Waals surface area contributed by atoms with Crippen molar-refractivity contribution in [1.29, 1.82) is 0 Å². The fraction of sp³-hybridized carbons (Fsp3) is 1.00. The van der Waals surface area contributed by atoms with Gasteiger partial charge in [0.2, 0.25) is 0 Å². The second-order valence-electron chi connectivity index (χ2n) is 0. The minimum Gasteiger partial charge on any atom is -0.0776 e. The van der Waals surface area contributed by atoms with Crippen LogP contribution >= 0.6 is 0 Å². The zero-order valence-corrected chi connectivity index (χ0v) is 4.99. The fourth-order valence-electron chi connectivity index (χ4n) is 0. The van der Waals surface area contributed by atoms with Crippen molar-refractivity contribution in [2.24, 2.45) is 0 Å². The normalized spacial score (nSPS) is 0. The van der Waals surface area contributed by atoms with Crippen molar-refractivity contribution >= 4 is 0 Å². The van der Waals surface area contributed by atoms with E-state index in [0.29, 0.717) is 0 Å². The Morgan fingerprint density at radius 2 is 0.333 bits per heavy atom. The molecule has 60 valence electrons. The average molecular weight is 582 g/mol. The summed E-state index contributed by atoms with van der Waals surface area (Å²) in [5, 5.41) is 0. The molecule has 0 aromatic carbocycles. The van der Waals surface area contributed by atoms with Crippen LogP contribution in [-0.2, 0) is 0 Å². The van der Waals surface area contributed by atoms with E-state index < -0.39 is 0 Å². The van der Waals surface area contributed by atoms with E-state index in [1.54, 1.807) is 0 Å². The smallest absolute Gasteiger partial charge is 0 e. The Hall–Kier alpha value is -2.00. The van der Waals surface area contributed by atoms with E-state index in [9.17, 15) is 0 Å². The first kappa shape index (κ1) is 9.00. The van der Waals surface area contributed by atoms with E-state index in [-0.39, 0.29) is 29.7 Å². The predicted octanol–water partition coefficient (Wildman–Crippen LogP) is 2.54. The van der Waals surface area contributed by atoms with Crippen LogP contribution in [0.25, 0.3) is 0 Å². The molecule has 0 aliphatic rings. The van der Waals surface area contributed by atoms with Gasteiger partial charge in [-0.05, 0) is 0 Å². The average Bonchev–Trinajstić information content (AvgIpc) is 0. The molecule has 0 aromatic heterocycles. The summed E-state index contributed by atoms with van der Waals surface area (Å²) in [6.45, 7) is 0. The van der Waals surface area contributed by atoms with Crippen molar-refractivity contribution in [3.63, 3.8) is 0 Å². The van der Waals surface area contributed by atoms with Crippen molar-refractivity contribution in [2.75, 3.05) is 0 Å². The van der Waals surface area contributed by atoms with Crippen LogP contribution in [0, 0.1) is 0 Å². The van der Waals surface area contributed by atoms with E-state index in [0.717, 1.165) is 0 Å². The largest absolute Gasteiger partial charge is 0.0776 e. The molecule has 0 amide bonds. The van der Waals surface area contributed by atoms with Gasteiger partial charge in [-0.2, -0.15) is 0 Å². The van der Waals surface area contributed by atoms with Gasteiger partial charge in [-0.3, -0.25) is 0 Å². The van der Waals surface area contributed by atoms with Crippen molar-refractivity contribution in [1.82, 2.24) is 0 Å². The molecule has 0 atom stereocenters. The number of hydrogen-bond acceptors (Lipinski definition) is 0. The summed E-state index contributed by atoms with van der Waals surface area (Å²) in [5.74, 6) is 0. The Bertz CT molecular complexity index is 5.51. The van der Waals surface area contributed by atoms with Crippen LogP contribution in [0.4, 0.5) is 0 Å². The third kappa shape index (κ3) is 0.500. The van der Waals surface area contributed by atoms with Gasteiger partial charge in [-0.1, -0.05) is 29.7 Å². The van der Waals surface area contributed by atoms with Crippen LogP contribution in [0.15, 0.2) is 0 Å². The van der Waals surface area contributed by atoms with Crippen LogP contribution in [0.3, 0.4) is 0 Å². The van der Waals surface area contributed by atoms with Crippen LogP contribution in [0.1, 0.15) is 29.7 Å². The molecule has 0 unspecified atom stereocenters. The Labute approximate surface area is 30.9 Å². The fourth-order valence-corrected chi connectivity index (χ4v) is 0. The summed E-state index contributed by atoms with van der Waals surface area (Å²) in [6, 6.07) is 0. The maximum atomic E-state index is 0.